The summed E-state index contributed by atoms with van der Waals surface area (Å²) in [5.41, 5.74) is 2.71. The number of carbonyl (C=O) groups is 2. The topological polar surface area (TPSA) is 100 Å². The van der Waals surface area contributed by atoms with Crippen LogP contribution in [0.5, 0.6) is 0 Å². The van der Waals surface area contributed by atoms with Gasteiger partial charge in [0, 0.05) is 43.4 Å². The molecule has 5 atom stereocenters. The first-order valence-electron chi connectivity index (χ1n) is 15.4. The summed E-state index contributed by atoms with van der Waals surface area (Å²) in [4.78, 5) is 28.9. The summed E-state index contributed by atoms with van der Waals surface area (Å²) in [5.74, 6) is -2.16. The monoisotopic (exact) mass is 621 g/mol. The van der Waals surface area contributed by atoms with Gasteiger partial charge < -0.3 is 30.1 Å². The van der Waals surface area contributed by atoms with Crippen LogP contribution in [0.1, 0.15) is 56.7 Å². The molecule has 3 aromatic rings. The molecule has 3 N–H and O–H groups in total. The van der Waals surface area contributed by atoms with Crippen LogP contribution >= 0.6 is 0 Å². The van der Waals surface area contributed by atoms with Crippen LogP contribution in [0.4, 0.5) is 8.78 Å². The molecule has 0 saturated carbocycles. The molecule has 2 amide bonds. The van der Waals surface area contributed by atoms with Crippen LogP contribution in [0.25, 0.3) is 0 Å². The average Bonchev–Trinajstić information content (AvgIpc) is 3.69. The van der Waals surface area contributed by atoms with E-state index in [1.807, 2.05) is 37.3 Å². The molecule has 0 aromatic heterocycles. The van der Waals surface area contributed by atoms with Crippen LogP contribution in [0.3, 0.4) is 0 Å². The fourth-order valence-corrected chi connectivity index (χ4v) is 6.35. The summed E-state index contributed by atoms with van der Waals surface area (Å²) < 4.78 is 39.5. The number of hydrogen-bond donors (Lipinski definition) is 3. The van der Waals surface area contributed by atoms with Crippen LogP contribution in [-0.2, 0) is 22.5 Å². The minimum atomic E-state index is -1.10. The van der Waals surface area contributed by atoms with Gasteiger partial charge in [-0.15, -0.1) is 0 Å². The molecule has 3 aromatic carbocycles. The molecule has 2 aliphatic heterocycles. The van der Waals surface area contributed by atoms with E-state index < -0.39 is 35.7 Å². The molecule has 2 heterocycles. The summed E-state index contributed by atoms with van der Waals surface area (Å²) in [6, 6.07) is 16.6. The van der Waals surface area contributed by atoms with Crippen LogP contribution < -0.4 is 10.6 Å². The number of methoxy groups -OCH3 is 1. The molecule has 10 heteroatoms. The quantitative estimate of drug-likeness (QED) is 0.281. The average molecular weight is 622 g/mol. The molecule has 2 aliphatic rings. The van der Waals surface area contributed by atoms with Gasteiger partial charge in [0.2, 0.25) is 0 Å². The van der Waals surface area contributed by atoms with Gasteiger partial charge in [-0.1, -0.05) is 30.3 Å². The molecule has 2 fully saturated rings. The number of nitrogens with one attached hydrogen (secondary N) is 2. The molecular weight excluding hydrogens is 580 g/mol. The Morgan fingerprint density at radius 2 is 1.78 bits per heavy atom. The maximum atomic E-state index is 14.1. The Morgan fingerprint density at radius 3 is 2.51 bits per heavy atom. The third-order valence-electron chi connectivity index (χ3n) is 8.56. The Bertz CT molecular complexity index is 1450. The minimum Gasteiger partial charge on any atom is -0.389 e. The lowest BCUT2D eigenvalue weighted by molar-refractivity contribution is 0.0419. The number of hydrogen-bond acceptors (Lipinski definition) is 6. The lowest BCUT2D eigenvalue weighted by atomic mass is 9.94. The SMILES string of the molecule is COC[C@H]1CCCN1C(=O)c1cc(C)cc(C(=O)N[C@@H](Cc2cc(F)cc(F)c2)[C@H](O)[C@H]2C[C@@H](OCc3ccccc3)CN2)c1. The molecule has 240 valence electrons. The molecule has 0 spiro atoms. The van der Waals surface area contributed by atoms with Gasteiger partial charge in [-0.2, -0.15) is 0 Å². The number of likely N-dealkylation sites (tertiary alicyclic amines) is 1. The van der Waals surface area contributed by atoms with E-state index in [1.165, 1.54) is 12.1 Å². The van der Waals surface area contributed by atoms with Gasteiger partial charge in [-0.3, -0.25) is 9.59 Å². The Morgan fingerprint density at radius 1 is 1.04 bits per heavy atom. The molecule has 8 nitrogen and oxygen atoms in total. The Labute approximate surface area is 262 Å². The lowest BCUT2D eigenvalue weighted by Crippen LogP contribution is -2.52. The number of benzene rings is 3. The summed E-state index contributed by atoms with van der Waals surface area (Å²) >= 11 is 0. The van der Waals surface area contributed by atoms with E-state index in [0.29, 0.717) is 43.9 Å². The van der Waals surface area contributed by atoms with Crippen molar-refractivity contribution in [3.05, 3.63) is 106 Å². The number of ether oxygens (including phenoxy) is 2. The van der Waals surface area contributed by atoms with Crippen molar-refractivity contribution >= 4 is 11.8 Å². The van der Waals surface area contributed by atoms with Crippen LogP contribution in [0.2, 0.25) is 0 Å². The zero-order valence-corrected chi connectivity index (χ0v) is 25.7. The van der Waals surface area contributed by atoms with Crippen molar-refractivity contribution in [2.45, 2.75) is 69.5 Å². The number of halogens is 2. The van der Waals surface area contributed by atoms with Crippen LogP contribution in [0.15, 0.2) is 66.7 Å². The van der Waals surface area contributed by atoms with Gasteiger partial charge in [0.15, 0.2) is 0 Å². The van der Waals surface area contributed by atoms with Crippen molar-refractivity contribution in [3.8, 4) is 0 Å². The largest absolute Gasteiger partial charge is 0.389 e. The molecule has 0 bridgehead atoms. The summed E-state index contributed by atoms with van der Waals surface area (Å²) in [5, 5.41) is 17.7. The third-order valence-corrected chi connectivity index (χ3v) is 8.56. The minimum absolute atomic E-state index is 0.0145. The second-order valence-electron chi connectivity index (χ2n) is 12.1. The first-order chi connectivity index (χ1) is 21.7. The smallest absolute Gasteiger partial charge is 0.254 e. The number of carbonyl (C=O) groups excluding carboxylic acids is 2. The van der Waals surface area contributed by atoms with E-state index in [2.05, 4.69) is 10.6 Å². The molecule has 2 saturated heterocycles. The molecule has 5 rings (SSSR count). The van der Waals surface area contributed by atoms with Crippen molar-refractivity contribution in [2.24, 2.45) is 0 Å². The van der Waals surface area contributed by atoms with Gasteiger partial charge in [-0.25, -0.2) is 8.78 Å². The van der Waals surface area contributed by atoms with Gasteiger partial charge in [-0.05, 0) is 79.6 Å². The van der Waals surface area contributed by atoms with Crippen LogP contribution in [-0.4, -0.2) is 79.0 Å². The van der Waals surface area contributed by atoms with E-state index in [-0.39, 0.29) is 30.0 Å². The first kappa shape index (κ1) is 32.7. The number of amides is 2. The summed E-state index contributed by atoms with van der Waals surface area (Å²) in [6.07, 6.45) is 0.944. The standard InChI is InChI=1S/C35H41F2N3O5/c1-22-11-25(16-26(12-22)35(43)40-10-6-9-29(40)21-44-2)34(42)39-32(15-24-13-27(36)17-28(37)14-24)33(41)31-18-30(19-38-31)45-20-23-7-4-3-5-8-23/h3-5,7-8,11-14,16-17,29-33,38,41H,6,9-10,15,18-21H2,1-2H3,(H,39,42)/t29-,30-,31-,32+,33-/m1/s1. The zero-order valence-electron chi connectivity index (χ0n) is 25.7. The lowest BCUT2D eigenvalue weighted by Gasteiger charge is -2.29. The van der Waals surface area contributed by atoms with Crippen molar-refractivity contribution in [1.82, 2.24) is 15.5 Å². The van der Waals surface area contributed by atoms with Crippen molar-refractivity contribution in [3.63, 3.8) is 0 Å². The van der Waals surface area contributed by atoms with E-state index in [9.17, 15) is 23.5 Å². The Hall–Kier alpha value is -3.70. The fourth-order valence-electron chi connectivity index (χ4n) is 6.35. The molecule has 0 unspecified atom stereocenters. The van der Waals surface area contributed by atoms with Crippen molar-refractivity contribution < 1.29 is 33.0 Å². The third kappa shape index (κ3) is 8.52. The van der Waals surface area contributed by atoms with Crippen molar-refractivity contribution in [2.75, 3.05) is 26.8 Å². The van der Waals surface area contributed by atoms with E-state index >= 15 is 0 Å². The fraction of sp³-hybridized carbons (Fsp3) is 0.429. The van der Waals surface area contributed by atoms with E-state index in [0.717, 1.165) is 30.0 Å². The van der Waals surface area contributed by atoms with Gasteiger partial charge >= 0.3 is 0 Å². The van der Waals surface area contributed by atoms with Gasteiger partial charge in [0.25, 0.3) is 11.8 Å². The molecule has 45 heavy (non-hydrogen) atoms. The predicted molar refractivity (Wildman–Crippen MR) is 166 cm³/mol. The second-order valence-corrected chi connectivity index (χ2v) is 12.1. The highest BCUT2D eigenvalue weighted by Gasteiger charge is 2.36. The zero-order chi connectivity index (χ0) is 31.9. The summed E-state index contributed by atoms with van der Waals surface area (Å²) in [6.45, 7) is 3.80. The number of rotatable bonds is 12. The Kier molecular flexibility index (Phi) is 10.9. The predicted octanol–water partition coefficient (Wildman–Crippen LogP) is 4.17. The maximum absolute atomic E-state index is 14.1. The number of aliphatic hydroxyl groups excluding tert-OH is 1. The highest BCUT2D eigenvalue weighted by atomic mass is 19.1. The van der Waals surface area contributed by atoms with Crippen LogP contribution in [0, 0.1) is 18.6 Å². The van der Waals surface area contributed by atoms with Crippen molar-refractivity contribution in [1.29, 1.82) is 0 Å². The maximum Gasteiger partial charge on any atom is 0.254 e. The Balaban J connectivity index is 1.32. The molecule has 0 radical (unpaired) electrons. The van der Waals surface area contributed by atoms with E-state index in [1.54, 1.807) is 30.2 Å². The van der Waals surface area contributed by atoms with E-state index in [4.69, 9.17) is 9.47 Å². The number of nitrogens with zero attached hydrogens (tertiary/aromatic N) is 1. The molecule has 0 aliphatic carbocycles. The second kappa shape index (κ2) is 15.1. The summed E-state index contributed by atoms with van der Waals surface area (Å²) in [7, 11) is 1.61. The number of aliphatic hydroxyl groups is 1. The first-order valence-corrected chi connectivity index (χ1v) is 15.4. The highest BCUT2D eigenvalue weighted by molar-refractivity contribution is 6.00. The van der Waals surface area contributed by atoms with Gasteiger partial charge in [0.05, 0.1) is 37.5 Å². The normalized spacial score (nSPS) is 21.1. The number of aryl methyl sites for hydroxylation is 1. The van der Waals surface area contributed by atoms with Gasteiger partial charge in [0.1, 0.15) is 11.6 Å². The molecular formula is C35H41F2N3O5. The highest BCUT2D eigenvalue weighted by Crippen LogP contribution is 2.23.